The Labute approximate surface area is 122 Å². The number of hydrogen-bond acceptors (Lipinski definition) is 2. The van der Waals surface area contributed by atoms with Crippen molar-refractivity contribution in [3.05, 3.63) is 35.4 Å². The Bertz CT molecular complexity index is 407. The van der Waals surface area contributed by atoms with E-state index >= 15 is 0 Å². The van der Waals surface area contributed by atoms with Crippen LogP contribution in [0.4, 0.5) is 0 Å². The molecule has 0 spiro atoms. The Balaban J connectivity index is 0.00000324. The molecular formula is C15H25ClN2O. The van der Waals surface area contributed by atoms with Crippen LogP contribution in [0.25, 0.3) is 0 Å². The smallest absolute Gasteiger partial charge is 0.237 e. The van der Waals surface area contributed by atoms with Gasteiger partial charge in [0, 0.05) is 6.04 Å². The third-order valence-electron chi connectivity index (χ3n) is 3.20. The molecule has 0 aliphatic rings. The predicted octanol–water partition coefficient (Wildman–Crippen LogP) is 2.45. The summed E-state index contributed by atoms with van der Waals surface area (Å²) in [7, 11) is 0. The number of nitrogens with one attached hydrogen (secondary N) is 1. The van der Waals surface area contributed by atoms with Gasteiger partial charge in [0.05, 0.1) is 6.04 Å². The van der Waals surface area contributed by atoms with E-state index in [1.807, 2.05) is 32.9 Å². The van der Waals surface area contributed by atoms with E-state index in [2.05, 4.69) is 24.4 Å². The number of halogens is 1. The second-order valence-corrected chi connectivity index (χ2v) is 5.31. The van der Waals surface area contributed by atoms with Crippen LogP contribution in [0, 0.1) is 12.8 Å². The van der Waals surface area contributed by atoms with Crippen molar-refractivity contribution in [3.63, 3.8) is 0 Å². The number of nitrogens with two attached hydrogens (primary N) is 1. The molecule has 1 amide bonds. The minimum atomic E-state index is -0.427. The second kappa shape index (κ2) is 8.18. The van der Waals surface area contributed by atoms with Crippen molar-refractivity contribution in [1.82, 2.24) is 5.32 Å². The number of hydrogen-bond donors (Lipinski definition) is 2. The molecule has 0 fully saturated rings. The van der Waals surface area contributed by atoms with Crippen LogP contribution in [-0.4, -0.2) is 18.0 Å². The summed E-state index contributed by atoms with van der Waals surface area (Å²) in [5.74, 6) is 0.0988. The third kappa shape index (κ3) is 5.62. The first-order valence-electron chi connectivity index (χ1n) is 6.52. The molecule has 1 rings (SSSR count). The molecule has 19 heavy (non-hydrogen) atoms. The largest absolute Gasteiger partial charge is 0.352 e. The van der Waals surface area contributed by atoms with Crippen LogP contribution >= 0.6 is 12.4 Å². The van der Waals surface area contributed by atoms with E-state index in [1.54, 1.807) is 0 Å². The van der Waals surface area contributed by atoms with Crippen LogP contribution in [0.1, 0.15) is 31.9 Å². The van der Waals surface area contributed by atoms with Crippen molar-refractivity contribution >= 4 is 18.3 Å². The Kier molecular flexibility index (Phi) is 7.72. The Hall–Kier alpha value is -1.06. The highest BCUT2D eigenvalue weighted by molar-refractivity contribution is 5.85. The molecule has 0 heterocycles. The van der Waals surface area contributed by atoms with E-state index in [0.717, 1.165) is 6.42 Å². The molecule has 4 heteroatoms. The van der Waals surface area contributed by atoms with Crippen molar-refractivity contribution in [1.29, 1.82) is 0 Å². The zero-order valence-electron chi connectivity index (χ0n) is 12.1. The average molecular weight is 285 g/mol. The zero-order valence-corrected chi connectivity index (χ0v) is 13.0. The van der Waals surface area contributed by atoms with Crippen molar-refractivity contribution in [2.75, 3.05) is 0 Å². The molecule has 0 aromatic heterocycles. The minimum absolute atomic E-state index is 0. The SMILES string of the molecule is Cc1ccccc1CC(C)NC(=O)C(N)C(C)C.Cl. The molecule has 3 nitrogen and oxygen atoms in total. The summed E-state index contributed by atoms with van der Waals surface area (Å²) in [4.78, 5) is 11.8. The number of amides is 1. The monoisotopic (exact) mass is 284 g/mol. The fourth-order valence-corrected chi connectivity index (χ4v) is 1.86. The summed E-state index contributed by atoms with van der Waals surface area (Å²) in [6, 6.07) is 7.91. The Morgan fingerprint density at radius 1 is 1.26 bits per heavy atom. The fraction of sp³-hybridized carbons (Fsp3) is 0.533. The van der Waals surface area contributed by atoms with E-state index in [4.69, 9.17) is 5.73 Å². The van der Waals surface area contributed by atoms with Gasteiger partial charge in [0.2, 0.25) is 5.91 Å². The van der Waals surface area contributed by atoms with Crippen LogP contribution < -0.4 is 11.1 Å². The highest BCUT2D eigenvalue weighted by Gasteiger charge is 2.18. The average Bonchev–Trinajstić information content (AvgIpc) is 2.30. The quantitative estimate of drug-likeness (QED) is 0.873. The maximum Gasteiger partial charge on any atom is 0.237 e. The zero-order chi connectivity index (χ0) is 13.7. The maximum atomic E-state index is 11.8. The Morgan fingerprint density at radius 3 is 2.37 bits per heavy atom. The van der Waals surface area contributed by atoms with Crippen LogP contribution in [0.3, 0.4) is 0 Å². The molecule has 0 bridgehead atoms. The molecule has 1 aromatic rings. The minimum Gasteiger partial charge on any atom is -0.352 e. The first-order valence-corrected chi connectivity index (χ1v) is 6.52. The fourth-order valence-electron chi connectivity index (χ4n) is 1.86. The van der Waals surface area contributed by atoms with Crippen molar-refractivity contribution in [3.8, 4) is 0 Å². The molecule has 0 saturated heterocycles. The molecule has 108 valence electrons. The molecule has 0 aliphatic heterocycles. The van der Waals surface area contributed by atoms with E-state index in [9.17, 15) is 4.79 Å². The normalized spacial score (nSPS) is 13.6. The van der Waals surface area contributed by atoms with Crippen molar-refractivity contribution < 1.29 is 4.79 Å². The van der Waals surface area contributed by atoms with Crippen molar-refractivity contribution in [2.24, 2.45) is 11.7 Å². The lowest BCUT2D eigenvalue weighted by Crippen LogP contribution is -2.47. The topological polar surface area (TPSA) is 55.1 Å². The summed E-state index contributed by atoms with van der Waals surface area (Å²) < 4.78 is 0. The predicted molar refractivity (Wildman–Crippen MR) is 82.5 cm³/mol. The Morgan fingerprint density at radius 2 is 1.84 bits per heavy atom. The summed E-state index contributed by atoms with van der Waals surface area (Å²) in [5.41, 5.74) is 8.34. The van der Waals surface area contributed by atoms with Crippen LogP contribution in [0.15, 0.2) is 24.3 Å². The molecule has 1 aromatic carbocycles. The standard InChI is InChI=1S/C15H24N2O.ClH/c1-10(2)14(16)15(18)17-12(4)9-13-8-6-5-7-11(13)3;/h5-8,10,12,14H,9,16H2,1-4H3,(H,17,18);1H. The van der Waals surface area contributed by atoms with E-state index in [1.165, 1.54) is 11.1 Å². The highest BCUT2D eigenvalue weighted by atomic mass is 35.5. The van der Waals surface area contributed by atoms with Gasteiger partial charge in [-0.1, -0.05) is 38.1 Å². The van der Waals surface area contributed by atoms with Gasteiger partial charge < -0.3 is 11.1 Å². The summed E-state index contributed by atoms with van der Waals surface area (Å²) in [5, 5.41) is 2.97. The molecule has 2 unspecified atom stereocenters. The first kappa shape index (κ1) is 17.9. The number of carbonyl (C=O) groups is 1. The molecule has 2 atom stereocenters. The van der Waals surface area contributed by atoms with Gasteiger partial charge in [0.1, 0.15) is 0 Å². The number of aryl methyl sites for hydroxylation is 1. The van der Waals surface area contributed by atoms with Gasteiger partial charge in [-0.2, -0.15) is 0 Å². The lowest BCUT2D eigenvalue weighted by atomic mass is 10.0. The summed E-state index contributed by atoms with van der Waals surface area (Å²) in [6.45, 7) is 8.01. The maximum absolute atomic E-state index is 11.8. The van der Waals surface area contributed by atoms with Crippen LogP contribution in [-0.2, 0) is 11.2 Å². The molecule has 0 aliphatic carbocycles. The molecule has 3 N–H and O–H groups in total. The van der Waals surface area contributed by atoms with Crippen LogP contribution in [0.2, 0.25) is 0 Å². The van der Waals surface area contributed by atoms with Crippen LogP contribution in [0.5, 0.6) is 0 Å². The number of benzene rings is 1. The highest BCUT2D eigenvalue weighted by Crippen LogP contribution is 2.10. The van der Waals surface area contributed by atoms with Gasteiger partial charge in [-0.3, -0.25) is 4.79 Å². The molecule has 0 radical (unpaired) electrons. The van der Waals surface area contributed by atoms with Gasteiger partial charge in [0.15, 0.2) is 0 Å². The lowest BCUT2D eigenvalue weighted by molar-refractivity contribution is -0.123. The van der Waals surface area contributed by atoms with E-state index in [-0.39, 0.29) is 30.3 Å². The van der Waals surface area contributed by atoms with E-state index < -0.39 is 6.04 Å². The van der Waals surface area contributed by atoms with Gasteiger partial charge in [-0.25, -0.2) is 0 Å². The summed E-state index contributed by atoms with van der Waals surface area (Å²) in [6.07, 6.45) is 0.837. The second-order valence-electron chi connectivity index (χ2n) is 5.31. The van der Waals surface area contributed by atoms with Gasteiger partial charge in [0.25, 0.3) is 0 Å². The van der Waals surface area contributed by atoms with Gasteiger partial charge >= 0.3 is 0 Å². The van der Waals surface area contributed by atoms with Crippen molar-refractivity contribution in [2.45, 2.75) is 46.2 Å². The van der Waals surface area contributed by atoms with Gasteiger partial charge in [-0.15, -0.1) is 12.4 Å². The van der Waals surface area contributed by atoms with E-state index in [0.29, 0.717) is 0 Å². The first-order chi connectivity index (χ1) is 8.41. The summed E-state index contributed by atoms with van der Waals surface area (Å²) >= 11 is 0. The lowest BCUT2D eigenvalue weighted by Gasteiger charge is -2.20. The molecular weight excluding hydrogens is 260 g/mol. The van der Waals surface area contributed by atoms with Gasteiger partial charge in [-0.05, 0) is 37.3 Å². The third-order valence-corrected chi connectivity index (χ3v) is 3.20. The number of carbonyl (C=O) groups excluding carboxylic acids is 1. The number of rotatable bonds is 5. The molecule has 0 saturated carbocycles.